The van der Waals surface area contributed by atoms with E-state index in [4.69, 9.17) is 4.74 Å². The van der Waals surface area contributed by atoms with Gasteiger partial charge in [-0.25, -0.2) is 9.78 Å². The van der Waals surface area contributed by atoms with Crippen molar-refractivity contribution in [2.75, 3.05) is 5.75 Å². The van der Waals surface area contributed by atoms with E-state index in [9.17, 15) is 9.59 Å². The lowest BCUT2D eigenvalue weighted by molar-refractivity contribution is -0.117. The van der Waals surface area contributed by atoms with Crippen molar-refractivity contribution >= 4 is 23.7 Å². The van der Waals surface area contributed by atoms with Gasteiger partial charge in [-0.1, -0.05) is 36.9 Å². The van der Waals surface area contributed by atoms with Crippen molar-refractivity contribution < 1.29 is 14.3 Å². The fourth-order valence-electron chi connectivity index (χ4n) is 1.93. The zero-order chi connectivity index (χ0) is 18.9. The number of carbonyl (C=O) groups is 2. The van der Waals surface area contributed by atoms with E-state index in [1.165, 1.54) is 0 Å². The third kappa shape index (κ3) is 6.40. The highest BCUT2D eigenvalue weighted by atomic mass is 32.2. The van der Waals surface area contributed by atoms with Crippen molar-refractivity contribution in [3.63, 3.8) is 0 Å². The Kier molecular flexibility index (Phi) is 7.46. The molecule has 2 aromatic rings. The number of nitrogens with one attached hydrogen (secondary N) is 3. The third-order valence-corrected chi connectivity index (χ3v) is 4.39. The molecule has 9 heteroatoms. The molecule has 1 heterocycles. The molecule has 0 radical (unpaired) electrons. The van der Waals surface area contributed by atoms with Crippen molar-refractivity contribution in [2.45, 2.75) is 45.0 Å². The molecule has 0 bridgehead atoms. The van der Waals surface area contributed by atoms with Gasteiger partial charge in [0.1, 0.15) is 12.4 Å². The van der Waals surface area contributed by atoms with Gasteiger partial charge in [-0.3, -0.25) is 15.2 Å². The average Bonchev–Trinajstić information content (AvgIpc) is 3.07. The van der Waals surface area contributed by atoms with Crippen molar-refractivity contribution in [2.24, 2.45) is 0 Å². The summed E-state index contributed by atoms with van der Waals surface area (Å²) in [6, 6.07) is 7.22. The molecule has 140 valence electrons. The van der Waals surface area contributed by atoms with Crippen LogP contribution in [0, 0.1) is 6.92 Å². The molecule has 0 aliphatic heterocycles. The number of thioether (sulfide) groups is 1. The number of urea groups is 1. The van der Waals surface area contributed by atoms with Crippen LogP contribution in [0.1, 0.15) is 31.7 Å². The molecular formula is C17H23N5O3S. The number of aromatic amines is 1. The van der Waals surface area contributed by atoms with E-state index in [2.05, 4.69) is 25.8 Å². The largest absolute Gasteiger partial charge is 0.485 e. The number of imide groups is 1. The highest BCUT2D eigenvalue weighted by Gasteiger charge is 2.12. The summed E-state index contributed by atoms with van der Waals surface area (Å²) in [5.41, 5.74) is 1.04. The Morgan fingerprint density at radius 3 is 2.85 bits per heavy atom. The molecule has 2 rings (SSSR count). The summed E-state index contributed by atoms with van der Waals surface area (Å²) in [5, 5.41) is 12.2. The number of rotatable bonds is 8. The molecule has 0 saturated carbocycles. The predicted molar refractivity (Wildman–Crippen MR) is 99.0 cm³/mol. The van der Waals surface area contributed by atoms with Crippen LogP contribution in [0.4, 0.5) is 4.79 Å². The topological polar surface area (TPSA) is 109 Å². The lowest BCUT2D eigenvalue weighted by atomic mass is 10.2. The van der Waals surface area contributed by atoms with Crippen LogP contribution in [0.15, 0.2) is 29.4 Å². The Bertz CT molecular complexity index is 750. The van der Waals surface area contributed by atoms with E-state index in [0.29, 0.717) is 11.0 Å². The lowest BCUT2D eigenvalue weighted by Crippen LogP contribution is -2.43. The van der Waals surface area contributed by atoms with Gasteiger partial charge in [0.25, 0.3) is 0 Å². The van der Waals surface area contributed by atoms with Crippen molar-refractivity contribution in [3.8, 4) is 5.75 Å². The predicted octanol–water partition coefficient (Wildman–Crippen LogP) is 2.41. The smallest absolute Gasteiger partial charge is 0.321 e. The molecule has 0 aliphatic rings. The standard InChI is InChI=1S/C17H23N5O3S/c1-4-12(3)18-16(24)20-15(23)10-26-17-19-14(21-22-17)9-25-13-8-6-5-7-11(13)2/h5-8,12H,4,9-10H2,1-3H3,(H,19,21,22)(H2,18,20,23,24)/t12-/m0/s1. The Morgan fingerprint density at radius 1 is 1.35 bits per heavy atom. The minimum absolute atomic E-state index is 0.0132. The molecule has 3 amide bonds. The molecule has 8 nitrogen and oxygen atoms in total. The maximum atomic E-state index is 11.8. The Balaban J connectivity index is 1.75. The van der Waals surface area contributed by atoms with Gasteiger partial charge in [0.2, 0.25) is 11.1 Å². The fraction of sp³-hybridized carbons (Fsp3) is 0.412. The third-order valence-electron chi connectivity index (χ3n) is 3.54. The molecule has 1 aromatic carbocycles. The Labute approximate surface area is 156 Å². The highest BCUT2D eigenvalue weighted by molar-refractivity contribution is 7.99. The van der Waals surface area contributed by atoms with Crippen LogP contribution in [-0.2, 0) is 11.4 Å². The molecule has 3 N–H and O–H groups in total. The zero-order valence-corrected chi connectivity index (χ0v) is 15.9. The van der Waals surface area contributed by atoms with Gasteiger partial charge in [0.15, 0.2) is 5.82 Å². The molecule has 1 aromatic heterocycles. The van der Waals surface area contributed by atoms with E-state index >= 15 is 0 Å². The normalized spacial score (nSPS) is 11.7. The summed E-state index contributed by atoms with van der Waals surface area (Å²) in [6.07, 6.45) is 0.793. The Hall–Kier alpha value is -2.55. The van der Waals surface area contributed by atoms with Crippen LogP contribution >= 0.6 is 11.8 Å². The van der Waals surface area contributed by atoms with Crippen molar-refractivity contribution in [3.05, 3.63) is 35.7 Å². The van der Waals surface area contributed by atoms with E-state index < -0.39 is 11.9 Å². The van der Waals surface area contributed by atoms with Crippen LogP contribution in [-0.4, -0.2) is 38.9 Å². The van der Waals surface area contributed by atoms with Crippen LogP contribution in [0.25, 0.3) is 0 Å². The van der Waals surface area contributed by atoms with Gasteiger partial charge in [-0.15, -0.1) is 5.10 Å². The first kappa shape index (κ1) is 19.8. The Morgan fingerprint density at radius 2 is 2.12 bits per heavy atom. The summed E-state index contributed by atoms with van der Waals surface area (Å²) < 4.78 is 5.69. The summed E-state index contributed by atoms with van der Waals surface area (Å²) in [6.45, 7) is 6.04. The minimum Gasteiger partial charge on any atom is -0.485 e. The summed E-state index contributed by atoms with van der Waals surface area (Å²) >= 11 is 1.14. The number of ether oxygens (including phenoxy) is 1. The second kappa shape index (κ2) is 9.81. The van der Waals surface area contributed by atoms with Gasteiger partial charge in [0, 0.05) is 6.04 Å². The molecule has 0 fully saturated rings. The first-order valence-electron chi connectivity index (χ1n) is 8.30. The quantitative estimate of drug-likeness (QED) is 0.610. The van der Waals surface area contributed by atoms with Gasteiger partial charge >= 0.3 is 6.03 Å². The van der Waals surface area contributed by atoms with Gasteiger partial charge in [-0.05, 0) is 31.9 Å². The lowest BCUT2D eigenvalue weighted by Gasteiger charge is -2.11. The molecular weight excluding hydrogens is 354 g/mol. The molecule has 1 atom stereocenters. The summed E-state index contributed by atoms with van der Waals surface area (Å²) in [4.78, 5) is 27.6. The first-order chi connectivity index (χ1) is 12.5. The maximum absolute atomic E-state index is 11.8. The molecule has 0 aliphatic carbocycles. The number of hydrogen-bond acceptors (Lipinski definition) is 6. The molecule has 26 heavy (non-hydrogen) atoms. The van der Waals surface area contributed by atoms with E-state index in [1.54, 1.807) is 0 Å². The van der Waals surface area contributed by atoms with Crippen molar-refractivity contribution in [1.82, 2.24) is 25.8 Å². The van der Waals surface area contributed by atoms with Crippen LogP contribution in [0.3, 0.4) is 0 Å². The maximum Gasteiger partial charge on any atom is 0.321 e. The monoisotopic (exact) mass is 377 g/mol. The second-order valence-corrected chi connectivity index (χ2v) is 6.68. The summed E-state index contributed by atoms with van der Waals surface area (Å²) in [7, 11) is 0. The highest BCUT2D eigenvalue weighted by Crippen LogP contribution is 2.18. The number of H-pyrrole nitrogens is 1. The van der Waals surface area contributed by atoms with E-state index in [0.717, 1.165) is 29.5 Å². The second-order valence-electron chi connectivity index (χ2n) is 5.74. The summed E-state index contributed by atoms with van der Waals surface area (Å²) in [5.74, 6) is 0.984. The molecule has 0 spiro atoms. The van der Waals surface area contributed by atoms with Crippen LogP contribution < -0.4 is 15.4 Å². The number of aryl methyl sites for hydroxylation is 1. The van der Waals surface area contributed by atoms with Crippen LogP contribution in [0.2, 0.25) is 0 Å². The number of benzene rings is 1. The minimum atomic E-state index is -0.493. The number of para-hydroxylation sites is 1. The molecule has 0 unspecified atom stereocenters. The number of amides is 3. The van der Waals surface area contributed by atoms with E-state index in [1.807, 2.05) is 45.0 Å². The SMILES string of the molecule is CC[C@H](C)NC(=O)NC(=O)CSc1n[nH]c(COc2ccccc2C)n1. The van der Waals surface area contributed by atoms with Crippen LogP contribution in [0.5, 0.6) is 5.75 Å². The number of hydrogen-bond donors (Lipinski definition) is 3. The van der Waals surface area contributed by atoms with Gasteiger partial charge < -0.3 is 10.1 Å². The van der Waals surface area contributed by atoms with E-state index in [-0.39, 0.29) is 18.4 Å². The first-order valence-corrected chi connectivity index (χ1v) is 9.29. The zero-order valence-electron chi connectivity index (χ0n) is 15.0. The average molecular weight is 377 g/mol. The number of nitrogens with zero attached hydrogens (tertiary/aromatic N) is 2. The van der Waals surface area contributed by atoms with Gasteiger partial charge in [-0.2, -0.15) is 0 Å². The fourth-order valence-corrected chi connectivity index (χ4v) is 2.54. The molecule has 0 saturated heterocycles. The number of carbonyl (C=O) groups excluding carboxylic acids is 2. The van der Waals surface area contributed by atoms with Crippen molar-refractivity contribution in [1.29, 1.82) is 0 Å². The number of aromatic nitrogens is 3. The van der Waals surface area contributed by atoms with Gasteiger partial charge in [0.05, 0.1) is 5.75 Å².